The van der Waals surface area contributed by atoms with Gasteiger partial charge in [0.25, 0.3) is 0 Å². The van der Waals surface area contributed by atoms with Gasteiger partial charge in [-0.05, 0) is 52.0 Å². The third-order valence-corrected chi connectivity index (χ3v) is 7.95. The number of hydrogen-bond donors (Lipinski definition) is 3. The molecule has 5 unspecified atom stereocenters. The fourth-order valence-corrected chi connectivity index (χ4v) is 5.82. The number of carboxylic acid groups (broad SMARTS) is 1. The molecule has 2 aliphatic carbocycles. The minimum atomic E-state index is -0.965. The van der Waals surface area contributed by atoms with Crippen molar-refractivity contribution in [1.29, 1.82) is 0 Å². The Morgan fingerprint density at radius 2 is 1.66 bits per heavy atom. The SMILES string of the molecule is CNC(C)C(=O)NC(C(=O)N1CCC2C1C(C(=O)O)CN2C(=O)C1CC1)C1CCCCC1. The minimum Gasteiger partial charge on any atom is -0.481 e. The molecule has 32 heavy (non-hydrogen) atoms. The lowest BCUT2D eigenvalue weighted by Crippen LogP contribution is -2.58. The summed E-state index contributed by atoms with van der Waals surface area (Å²) in [7, 11) is 1.70. The normalized spacial score (nSPS) is 30.0. The largest absolute Gasteiger partial charge is 0.481 e. The fourth-order valence-electron chi connectivity index (χ4n) is 5.82. The van der Waals surface area contributed by atoms with E-state index in [4.69, 9.17) is 0 Å². The highest BCUT2D eigenvalue weighted by molar-refractivity contribution is 5.91. The van der Waals surface area contributed by atoms with Gasteiger partial charge in [-0.1, -0.05) is 19.3 Å². The molecule has 0 aromatic rings. The second-order valence-electron chi connectivity index (χ2n) is 9.98. The molecule has 2 saturated heterocycles. The van der Waals surface area contributed by atoms with E-state index >= 15 is 0 Å². The molecule has 0 aromatic carbocycles. The van der Waals surface area contributed by atoms with E-state index in [-0.39, 0.29) is 42.1 Å². The first kappa shape index (κ1) is 23.0. The zero-order valence-electron chi connectivity index (χ0n) is 19.1. The predicted octanol–water partition coefficient (Wildman–Crippen LogP) is 0.582. The maximum atomic E-state index is 13.8. The van der Waals surface area contributed by atoms with Crippen molar-refractivity contribution in [2.24, 2.45) is 17.8 Å². The van der Waals surface area contributed by atoms with Crippen molar-refractivity contribution in [3.05, 3.63) is 0 Å². The first-order valence-corrected chi connectivity index (χ1v) is 12.1. The van der Waals surface area contributed by atoms with Gasteiger partial charge in [0.05, 0.1) is 24.0 Å². The highest BCUT2D eigenvalue weighted by atomic mass is 16.4. The number of amides is 3. The number of likely N-dealkylation sites (N-methyl/N-ethyl adjacent to an activating group) is 1. The Hall–Kier alpha value is -2.16. The van der Waals surface area contributed by atoms with Crippen molar-refractivity contribution >= 4 is 23.7 Å². The number of carbonyl (C=O) groups is 4. The second-order valence-corrected chi connectivity index (χ2v) is 9.98. The average molecular weight is 449 g/mol. The van der Waals surface area contributed by atoms with E-state index in [2.05, 4.69) is 10.6 Å². The van der Waals surface area contributed by atoms with Crippen LogP contribution in [0, 0.1) is 17.8 Å². The first-order valence-electron chi connectivity index (χ1n) is 12.1. The van der Waals surface area contributed by atoms with E-state index < -0.39 is 30.0 Å². The Kier molecular flexibility index (Phi) is 6.74. The van der Waals surface area contributed by atoms with Crippen LogP contribution in [0.15, 0.2) is 0 Å². The quantitative estimate of drug-likeness (QED) is 0.524. The molecule has 0 aromatic heterocycles. The van der Waals surface area contributed by atoms with Crippen LogP contribution in [-0.4, -0.2) is 82.9 Å². The van der Waals surface area contributed by atoms with E-state index in [0.29, 0.717) is 13.0 Å². The van der Waals surface area contributed by atoms with Crippen LogP contribution in [0.5, 0.6) is 0 Å². The Bertz CT molecular complexity index is 763. The van der Waals surface area contributed by atoms with Crippen LogP contribution in [-0.2, 0) is 19.2 Å². The lowest BCUT2D eigenvalue weighted by molar-refractivity contribution is -0.146. The number of nitrogens with one attached hydrogen (secondary N) is 2. The van der Waals surface area contributed by atoms with Crippen molar-refractivity contribution in [3.8, 4) is 0 Å². The molecule has 4 rings (SSSR count). The number of fused-ring (bicyclic) bond motifs is 1. The summed E-state index contributed by atoms with van der Waals surface area (Å²) in [6, 6.07) is -1.84. The smallest absolute Gasteiger partial charge is 0.310 e. The highest BCUT2D eigenvalue weighted by Crippen LogP contribution is 2.41. The zero-order chi connectivity index (χ0) is 23.0. The van der Waals surface area contributed by atoms with Gasteiger partial charge in [-0.15, -0.1) is 0 Å². The van der Waals surface area contributed by atoms with Gasteiger partial charge in [-0.25, -0.2) is 0 Å². The molecule has 0 spiro atoms. The number of hydrogen-bond acceptors (Lipinski definition) is 5. The molecule has 3 N–H and O–H groups in total. The van der Waals surface area contributed by atoms with Gasteiger partial charge in [0.1, 0.15) is 6.04 Å². The van der Waals surface area contributed by atoms with E-state index in [0.717, 1.165) is 44.9 Å². The van der Waals surface area contributed by atoms with Gasteiger partial charge in [0.2, 0.25) is 17.7 Å². The summed E-state index contributed by atoms with van der Waals surface area (Å²) in [6.07, 6.45) is 7.27. The molecule has 5 atom stereocenters. The third kappa shape index (κ3) is 4.36. The lowest BCUT2D eigenvalue weighted by Gasteiger charge is -2.36. The highest BCUT2D eigenvalue weighted by Gasteiger charge is 2.56. The van der Waals surface area contributed by atoms with E-state index in [1.807, 2.05) is 0 Å². The van der Waals surface area contributed by atoms with Crippen LogP contribution < -0.4 is 10.6 Å². The summed E-state index contributed by atoms with van der Waals surface area (Å²) >= 11 is 0. The van der Waals surface area contributed by atoms with Gasteiger partial charge < -0.3 is 25.5 Å². The topological polar surface area (TPSA) is 119 Å². The summed E-state index contributed by atoms with van der Waals surface area (Å²) in [5.41, 5.74) is 0. The summed E-state index contributed by atoms with van der Waals surface area (Å²) in [4.78, 5) is 54.8. The Morgan fingerprint density at radius 1 is 0.969 bits per heavy atom. The molecule has 0 bridgehead atoms. The number of likely N-dealkylation sites (tertiary alicyclic amines) is 2. The van der Waals surface area contributed by atoms with E-state index in [9.17, 15) is 24.3 Å². The first-order chi connectivity index (χ1) is 15.3. The van der Waals surface area contributed by atoms with Gasteiger partial charge in [0, 0.05) is 19.0 Å². The molecule has 0 radical (unpaired) electrons. The van der Waals surface area contributed by atoms with Crippen molar-refractivity contribution < 1.29 is 24.3 Å². The molecule has 4 fully saturated rings. The number of nitrogens with zero attached hydrogens (tertiary/aromatic N) is 2. The van der Waals surface area contributed by atoms with Crippen LogP contribution in [0.3, 0.4) is 0 Å². The van der Waals surface area contributed by atoms with Crippen LogP contribution in [0.25, 0.3) is 0 Å². The molecule has 3 amide bonds. The van der Waals surface area contributed by atoms with Gasteiger partial charge in [-0.2, -0.15) is 0 Å². The molecule has 4 aliphatic rings. The van der Waals surface area contributed by atoms with Gasteiger partial charge in [0.15, 0.2) is 0 Å². The Labute approximate surface area is 189 Å². The van der Waals surface area contributed by atoms with Crippen LogP contribution in [0.1, 0.15) is 58.3 Å². The molecular formula is C23H36N4O5. The summed E-state index contributed by atoms with van der Waals surface area (Å²) in [5.74, 6) is -2.05. The minimum absolute atomic E-state index is 0.0188. The molecular weight excluding hydrogens is 412 g/mol. The maximum absolute atomic E-state index is 13.8. The van der Waals surface area contributed by atoms with Crippen molar-refractivity contribution in [1.82, 2.24) is 20.4 Å². The van der Waals surface area contributed by atoms with Crippen LogP contribution >= 0.6 is 0 Å². The standard InChI is InChI=1S/C23H36N4O5/c1-13(24-2)20(28)25-18(14-6-4-3-5-7-14)22(30)26-11-10-17-19(26)16(23(31)32)12-27(17)21(29)15-8-9-15/h13-19,24H,3-12H2,1-2H3,(H,25,28)(H,31,32). The third-order valence-electron chi connectivity index (χ3n) is 7.95. The molecule has 9 nitrogen and oxygen atoms in total. The van der Waals surface area contributed by atoms with Gasteiger partial charge in [-0.3, -0.25) is 19.2 Å². The number of carboxylic acids is 1. The molecule has 2 heterocycles. The number of aliphatic carboxylic acids is 1. The summed E-state index contributed by atoms with van der Waals surface area (Å²) in [6.45, 7) is 2.34. The van der Waals surface area contributed by atoms with Gasteiger partial charge >= 0.3 is 5.97 Å². The predicted molar refractivity (Wildman–Crippen MR) is 116 cm³/mol. The van der Waals surface area contributed by atoms with Crippen LogP contribution in [0.2, 0.25) is 0 Å². The molecule has 178 valence electrons. The van der Waals surface area contributed by atoms with E-state index in [1.54, 1.807) is 23.8 Å². The van der Waals surface area contributed by atoms with Crippen LogP contribution in [0.4, 0.5) is 0 Å². The summed E-state index contributed by atoms with van der Waals surface area (Å²) < 4.78 is 0. The maximum Gasteiger partial charge on any atom is 0.310 e. The lowest BCUT2D eigenvalue weighted by atomic mass is 9.83. The zero-order valence-corrected chi connectivity index (χ0v) is 19.1. The second kappa shape index (κ2) is 9.37. The fraction of sp³-hybridized carbons (Fsp3) is 0.826. The Morgan fingerprint density at radius 3 is 2.25 bits per heavy atom. The average Bonchev–Trinajstić information content (AvgIpc) is 3.45. The monoisotopic (exact) mass is 448 g/mol. The van der Waals surface area contributed by atoms with E-state index in [1.165, 1.54) is 0 Å². The summed E-state index contributed by atoms with van der Waals surface area (Å²) in [5, 5.41) is 15.8. The number of carbonyl (C=O) groups excluding carboxylic acids is 3. The molecule has 9 heteroatoms. The van der Waals surface area contributed by atoms with Crippen molar-refractivity contribution in [2.75, 3.05) is 20.1 Å². The van der Waals surface area contributed by atoms with Crippen molar-refractivity contribution in [2.45, 2.75) is 82.5 Å². The van der Waals surface area contributed by atoms with Crippen molar-refractivity contribution in [3.63, 3.8) is 0 Å². The Balaban J connectivity index is 1.56. The molecule has 2 aliphatic heterocycles. The molecule has 2 saturated carbocycles. The number of rotatable bonds is 7.